The van der Waals surface area contributed by atoms with Gasteiger partial charge in [-0.25, -0.2) is 0 Å². The molecule has 0 radical (unpaired) electrons. The largest absolute Gasteiger partial charge is 0.390 e. The molecule has 1 aromatic carbocycles. The van der Waals surface area contributed by atoms with Crippen LogP contribution in [0.4, 0.5) is 0 Å². The third-order valence-corrected chi connectivity index (χ3v) is 4.10. The van der Waals surface area contributed by atoms with Gasteiger partial charge in [0.25, 0.3) is 0 Å². The third-order valence-electron chi connectivity index (χ3n) is 4.10. The molecule has 23 heavy (non-hydrogen) atoms. The summed E-state index contributed by atoms with van der Waals surface area (Å²) in [5, 5.41) is 23.1. The van der Waals surface area contributed by atoms with Crippen molar-refractivity contribution in [2.24, 2.45) is 0 Å². The molecule has 1 aliphatic heterocycles. The first-order chi connectivity index (χ1) is 11.2. The van der Waals surface area contributed by atoms with Crippen molar-refractivity contribution >= 4 is 5.57 Å². The molecule has 0 saturated heterocycles. The van der Waals surface area contributed by atoms with Gasteiger partial charge in [0.2, 0.25) is 0 Å². The van der Waals surface area contributed by atoms with Gasteiger partial charge in [-0.3, -0.25) is 9.58 Å². The number of aliphatic hydroxyl groups excluding tert-OH is 1. The van der Waals surface area contributed by atoms with Gasteiger partial charge >= 0.3 is 0 Å². The van der Waals surface area contributed by atoms with Crippen molar-refractivity contribution in [3.63, 3.8) is 0 Å². The summed E-state index contributed by atoms with van der Waals surface area (Å²) < 4.78 is 1.76. The van der Waals surface area contributed by atoms with E-state index in [1.54, 1.807) is 10.9 Å². The Bertz CT molecular complexity index is 698. The number of benzene rings is 1. The van der Waals surface area contributed by atoms with Crippen molar-refractivity contribution in [1.29, 1.82) is 5.26 Å². The molecule has 1 aromatic heterocycles. The van der Waals surface area contributed by atoms with Gasteiger partial charge in [0.05, 0.1) is 24.3 Å². The smallest absolute Gasteiger partial charge is 0.0991 e. The number of β-amino-alcohol motifs (C(OH)–C–C–N with tert-alkyl or cyclic N) is 1. The number of nitrogens with zero attached hydrogens (tertiary/aromatic N) is 4. The van der Waals surface area contributed by atoms with E-state index in [0.29, 0.717) is 18.7 Å². The van der Waals surface area contributed by atoms with Gasteiger partial charge in [0.1, 0.15) is 0 Å². The van der Waals surface area contributed by atoms with Crippen molar-refractivity contribution < 1.29 is 5.11 Å². The Balaban J connectivity index is 1.54. The second kappa shape index (κ2) is 7.23. The average molecular weight is 308 g/mol. The number of aromatic nitrogens is 2. The lowest BCUT2D eigenvalue weighted by Crippen LogP contribution is -2.37. The van der Waals surface area contributed by atoms with Crippen LogP contribution in [0.1, 0.15) is 17.5 Å². The van der Waals surface area contributed by atoms with Crippen LogP contribution >= 0.6 is 0 Å². The molecular weight excluding hydrogens is 288 g/mol. The third kappa shape index (κ3) is 4.07. The summed E-state index contributed by atoms with van der Waals surface area (Å²) in [6.45, 7) is 2.94. The van der Waals surface area contributed by atoms with Crippen LogP contribution in [0.25, 0.3) is 5.57 Å². The predicted octanol–water partition coefficient (Wildman–Crippen LogP) is 1.90. The Morgan fingerprint density at radius 2 is 2.09 bits per heavy atom. The maximum Gasteiger partial charge on any atom is 0.0991 e. The van der Waals surface area contributed by atoms with Crippen LogP contribution in [-0.2, 0) is 6.54 Å². The first-order valence-electron chi connectivity index (χ1n) is 7.82. The van der Waals surface area contributed by atoms with Crippen molar-refractivity contribution in [2.45, 2.75) is 19.1 Å². The molecule has 1 atom stereocenters. The van der Waals surface area contributed by atoms with Gasteiger partial charge in [-0.05, 0) is 35.8 Å². The van der Waals surface area contributed by atoms with Crippen LogP contribution in [0.2, 0.25) is 0 Å². The molecule has 0 fully saturated rings. The van der Waals surface area contributed by atoms with Gasteiger partial charge in [-0.2, -0.15) is 10.4 Å². The fourth-order valence-electron chi connectivity index (χ4n) is 2.88. The van der Waals surface area contributed by atoms with Crippen molar-refractivity contribution in [2.75, 3.05) is 19.6 Å². The van der Waals surface area contributed by atoms with Crippen LogP contribution in [-0.4, -0.2) is 45.5 Å². The van der Waals surface area contributed by atoms with Gasteiger partial charge in [0, 0.05) is 32.0 Å². The van der Waals surface area contributed by atoms with Gasteiger partial charge < -0.3 is 5.11 Å². The minimum absolute atomic E-state index is 0.417. The van der Waals surface area contributed by atoms with Gasteiger partial charge in [-0.1, -0.05) is 18.2 Å². The summed E-state index contributed by atoms with van der Waals surface area (Å²) in [4.78, 5) is 2.25. The normalized spacial score (nSPS) is 16.6. The number of hydrogen-bond donors (Lipinski definition) is 1. The molecule has 0 aliphatic carbocycles. The van der Waals surface area contributed by atoms with E-state index in [0.717, 1.165) is 19.5 Å². The van der Waals surface area contributed by atoms with Crippen molar-refractivity contribution in [3.05, 3.63) is 59.9 Å². The van der Waals surface area contributed by atoms with Crippen LogP contribution in [0, 0.1) is 11.3 Å². The average Bonchev–Trinajstić information content (AvgIpc) is 3.08. The highest BCUT2D eigenvalue weighted by atomic mass is 16.3. The Kier molecular flexibility index (Phi) is 4.86. The maximum absolute atomic E-state index is 10.2. The second-order valence-electron chi connectivity index (χ2n) is 5.81. The molecule has 0 spiro atoms. The van der Waals surface area contributed by atoms with E-state index in [-0.39, 0.29) is 0 Å². The summed E-state index contributed by atoms with van der Waals surface area (Å²) >= 11 is 0. The predicted molar refractivity (Wildman–Crippen MR) is 88.4 cm³/mol. The molecule has 118 valence electrons. The molecule has 5 heteroatoms. The highest BCUT2D eigenvalue weighted by Crippen LogP contribution is 2.22. The van der Waals surface area contributed by atoms with Crippen LogP contribution in [0.15, 0.2) is 48.8 Å². The fourth-order valence-corrected chi connectivity index (χ4v) is 2.88. The van der Waals surface area contributed by atoms with E-state index in [2.05, 4.69) is 22.1 Å². The zero-order valence-electron chi connectivity index (χ0n) is 13.0. The summed E-state index contributed by atoms with van der Waals surface area (Å²) in [5.74, 6) is 0. The Morgan fingerprint density at radius 3 is 2.70 bits per heavy atom. The summed E-state index contributed by atoms with van der Waals surface area (Å²) in [6, 6.07) is 11.7. The monoisotopic (exact) mass is 308 g/mol. The fraction of sp³-hybridized carbons (Fsp3) is 0.333. The first kappa shape index (κ1) is 15.5. The Hall–Kier alpha value is -2.42. The maximum atomic E-state index is 10.2. The summed E-state index contributed by atoms with van der Waals surface area (Å²) in [5.41, 5.74) is 3.18. The second-order valence-corrected chi connectivity index (χ2v) is 5.81. The van der Waals surface area contributed by atoms with E-state index in [1.165, 1.54) is 11.1 Å². The van der Waals surface area contributed by atoms with Crippen LogP contribution < -0.4 is 0 Å². The molecule has 2 heterocycles. The lowest BCUT2D eigenvalue weighted by Gasteiger charge is -2.28. The lowest BCUT2D eigenvalue weighted by atomic mass is 9.98. The van der Waals surface area contributed by atoms with Gasteiger partial charge in [-0.15, -0.1) is 0 Å². The molecule has 3 rings (SSSR count). The topological polar surface area (TPSA) is 65.1 Å². The molecule has 1 N–H and O–H groups in total. The molecule has 5 nitrogen and oxygen atoms in total. The number of aliphatic hydroxyl groups is 1. The molecule has 0 bridgehead atoms. The SMILES string of the molecule is N#Cc1ccc(C2=CCN(CC(O)Cn3cccn3)CC2)cc1. The van der Waals surface area contributed by atoms with E-state index in [9.17, 15) is 5.11 Å². The molecule has 1 unspecified atom stereocenters. The highest BCUT2D eigenvalue weighted by Gasteiger charge is 2.16. The Morgan fingerprint density at radius 1 is 1.26 bits per heavy atom. The summed E-state index contributed by atoms with van der Waals surface area (Å²) in [6.07, 6.45) is 6.34. The van der Waals surface area contributed by atoms with Gasteiger partial charge in [0.15, 0.2) is 0 Å². The van der Waals surface area contributed by atoms with Crippen molar-refractivity contribution in [1.82, 2.24) is 14.7 Å². The Labute approximate surface area is 136 Å². The summed E-state index contributed by atoms with van der Waals surface area (Å²) in [7, 11) is 0. The van der Waals surface area contributed by atoms with Crippen LogP contribution in [0.3, 0.4) is 0 Å². The van der Waals surface area contributed by atoms with Crippen molar-refractivity contribution in [3.8, 4) is 6.07 Å². The first-order valence-corrected chi connectivity index (χ1v) is 7.82. The number of rotatable bonds is 5. The minimum Gasteiger partial charge on any atom is -0.390 e. The molecule has 1 aliphatic rings. The molecular formula is C18H20N4O. The quantitative estimate of drug-likeness (QED) is 0.916. The van der Waals surface area contributed by atoms with E-state index < -0.39 is 6.10 Å². The number of nitriles is 1. The zero-order chi connectivity index (χ0) is 16.1. The van der Waals surface area contributed by atoms with Crippen LogP contribution in [0.5, 0.6) is 0 Å². The highest BCUT2D eigenvalue weighted by molar-refractivity contribution is 5.67. The standard InChI is InChI=1S/C18H20N4O/c19-12-15-2-4-16(5-3-15)17-6-10-21(11-7-17)13-18(23)14-22-9-1-8-20-22/h1-6,8-9,18,23H,7,10-11,13-14H2. The lowest BCUT2D eigenvalue weighted by molar-refractivity contribution is 0.0997. The van der Waals surface area contributed by atoms with E-state index in [4.69, 9.17) is 5.26 Å². The molecule has 2 aromatic rings. The van der Waals surface area contributed by atoms with E-state index in [1.807, 2.05) is 36.5 Å². The molecule has 0 amide bonds. The minimum atomic E-state index is -0.417. The molecule has 0 saturated carbocycles. The van der Waals surface area contributed by atoms with E-state index >= 15 is 0 Å². The number of hydrogen-bond acceptors (Lipinski definition) is 4. The zero-order valence-corrected chi connectivity index (χ0v) is 13.0.